The van der Waals surface area contributed by atoms with Gasteiger partial charge in [0, 0.05) is 23.4 Å². The monoisotopic (exact) mass is 491 g/mol. The van der Waals surface area contributed by atoms with E-state index in [1.807, 2.05) is 0 Å². The van der Waals surface area contributed by atoms with Crippen molar-refractivity contribution in [1.29, 1.82) is 10.8 Å². The Labute approximate surface area is 178 Å². The summed E-state index contributed by atoms with van der Waals surface area (Å²) >= 11 is 2.96. The van der Waals surface area contributed by atoms with Gasteiger partial charge < -0.3 is 10.2 Å². The molecule has 0 aliphatic carbocycles. The first-order valence-corrected chi connectivity index (χ1v) is 9.38. The molecule has 1 aromatic heterocycles. The molecule has 0 aliphatic heterocycles. The van der Waals surface area contributed by atoms with Crippen molar-refractivity contribution >= 4 is 33.8 Å². The molecule has 2 unspecified atom stereocenters. The zero-order valence-electron chi connectivity index (χ0n) is 16.0. The van der Waals surface area contributed by atoms with Crippen molar-refractivity contribution in [2.75, 3.05) is 12.4 Å². The lowest BCUT2D eigenvalue weighted by Crippen LogP contribution is -2.42. The van der Waals surface area contributed by atoms with Crippen molar-refractivity contribution < 1.29 is 22.0 Å². The quantitative estimate of drug-likeness (QED) is 0.271. The van der Waals surface area contributed by atoms with Gasteiger partial charge in [0.1, 0.15) is 5.84 Å². The van der Waals surface area contributed by atoms with Gasteiger partial charge in [-0.2, -0.15) is 13.2 Å². The molecule has 30 heavy (non-hydrogen) atoms. The van der Waals surface area contributed by atoms with E-state index < -0.39 is 29.4 Å². The number of anilines is 1. The third-order valence-corrected chi connectivity index (χ3v) is 4.85. The fourth-order valence-electron chi connectivity index (χ4n) is 2.62. The summed E-state index contributed by atoms with van der Waals surface area (Å²) in [7, 11) is 1.25. The summed E-state index contributed by atoms with van der Waals surface area (Å²) in [5.41, 5.74) is -3.62. The van der Waals surface area contributed by atoms with Crippen molar-refractivity contribution in [2.45, 2.75) is 31.5 Å². The molecule has 162 valence electrons. The Hall–Kier alpha value is -2.56. The van der Waals surface area contributed by atoms with Crippen LogP contribution in [0, 0.1) is 10.8 Å². The number of halogens is 6. The van der Waals surface area contributed by atoms with Crippen LogP contribution in [0.4, 0.5) is 27.6 Å². The maximum atomic E-state index is 15.2. The summed E-state index contributed by atoms with van der Waals surface area (Å²) in [5, 5.41) is 17.5. The topological polar surface area (TPSA) is 75.9 Å². The number of aromatic nitrogens is 1. The molecule has 1 aromatic carbocycles. The van der Waals surface area contributed by atoms with Crippen LogP contribution in [0.5, 0.6) is 0 Å². The first-order chi connectivity index (χ1) is 13.9. The van der Waals surface area contributed by atoms with Crippen LogP contribution in [0.1, 0.15) is 23.7 Å². The van der Waals surface area contributed by atoms with Crippen LogP contribution in [-0.4, -0.2) is 35.3 Å². The van der Waals surface area contributed by atoms with Gasteiger partial charge in [-0.15, -0.1) is 0 Å². The van der Waals surface area contributed by atoms with E-state index in [0.29, 0.717) is 6.34 Å². The van der Waals surface area contributed by atoms with E-state index in [0.717, 1.165) is 17.9 Å². The third-order valence-electron chi connectivity index (χ3n) is 4.42. The fourth-order valence-corrected chi connectivity index (χ4v) is 2.96. The highest BCUT2D eigenvalue weighted by Gasteiger charge is 2.41. The lowest BCUT2D eigenvalue weighted by atomic mass is 9.91. The highest BCUT2D eigenvalue weighted by atomic mass is 79.9. The average molecular weight is 492 g/mol. The summed E-state index contributed by atoms with van der Waals surface area (Å²) in [6.07, 6.45) is -5.03. The number of rotatable bonds is 7. The van der Waals surface area contributed by atoms with Gasteiger partial charge in [0.15, 0.2) is 11.8 Å². The summed E-state index contributed by atoms with van der Waals surface area (Å²) < 4.78 is 69.6. The van der Waals surface area contributed by atoms with Crippen LogP contribution in [0.25, 0.3) is 0 Å². The number of alkyl halides is 5. The molecule has 0 saturated carbocycles. The molecule has 11 heteroatoms. The SMILES string of the molecule is CN(C=N)C(=N)C(F)C(C)(F)c1cccc(NCc2ncc(Br)cc2C(F)(F)F)c1. The molecular weight excluding hydrogens is 473 g/mol. The maximum Gasteiger partial charge on any atom is 0.418 e. The van der Waals surface area contributed by atoms with E-state index in [9.17, 15) is 17.6 Å². The van der Waals surface area contributed by atoms with Crippen molar-refractivity contribution in [1.82, 2.24) is 9.88 Å². The zero-order chi connectivity index (χ0) is 22.7. The molecule has 3 N–H and O–H groups in total. The van der Waals surface area contributed by atoms with E-state index in [4.69, 9.17) is 10.8 Å². The maximum absolute atomic E-state index is 15.2. The molecule has 2 aromatic rings. The minimum Gasteiger partial charge on any atom is -0.379 e. The third kappa shape index (κ3) is 5.32. The second-order valence-electron chi connectivity index (χ2n) is 6.64. The normalized spacial score (nSPS) is 14.5. The Kier molecular flexibility index (Phi) is 7.17. The largest absolute Gasteiger partial charge is 0.418 e. The second kappa shape index (κ2) is 9.07. The van der Waals surface area contributed by atoms with E-state index in [1.54, 1.807) is 0 Å². The molecule has 0 fully saturated rings. The van der Waals surface area contributed by atoms with Gasteiger partial charge in [-0.1, -0.05) is 12.1 Å². The highest BCUT2D eigenvalue weighted by Crippen LogP contribution is 2.35. The van der Waals surface area contributed by atoms with E-state index in [-0.39, 0.29) is 28.0 Å². The average Bonchev–Trinajstić information content (AvgIpc) is 2.70. The molecule has 0 radical (unpaired) electrons. The Morgan fingerprint density at radius 2 is 1.97 bits per heavy atom. The van der Waals surface area contributed by atoms with Gasteiger partial charge in [0.05, 0.1) is 24.1 Å². The number of pyridine rings is 1. The molecule has 2 rings (SSSR count). The van der Waals surface area contributed by atoms with Gasteiger partial charge in [-0.05, 0) is 46.6 Å². The summed E-state index contributed by atoms with van der Waals surface area (Å²) in [6, 6.07) is 6.41. The summed E-state index contributed by atoms with van der Waals surface area (Å²) in [5.74, 6) is -0.734. The zero-order valence-corrected chi connectivity index (χ0v) is 17.6. The number of nitrogens with one attached hydrogen (secondary N) is 3. The number of hydrogen-bond donors (Lipinski definition) is 3. The standard InChI is InChI=1S/C19H19BrF5N5/c1-18(22,16(21)17(27)30(2)10-26)11-4-3-5-13(6-11)28-9-15-14(19(23,24)25)7-12(20)8-29-15/h3-8,10,16,26-28H,9H2,1-2H3. The minimum atomic E-state index is -4.60. The fraction of sp³-hybridized carbons (Fsp3) is 0.316. The van der Waals surface area contributed by atoms with Crippen LogP contribution in [0.3, 0.4) is 0 Å². The van der Waals surface area contributed by atoms with Gasteiger partial charge in [0.25, 0.3) is 0 Å². The van der Waals surface area contributed by atoms with Gasteiger partial charge in [-0.3, -0.25) is 15.8 Å². The predicted octanol–water partition coefficient (Wildman–Crippen LogP) is 5.51. The van der Waals surface area contributed by atoms with Crippen LogP contribution in [0.2, 0.25) is 0 Å². The highest BCUT2D eigenvalue weighted by molar-refractivity contribution is 9.10. The molecule has 0 aliphatic rings. The Bertz CT molecular complexity index is 932. The van der Waals surface area contributed by atoms with Crippen LogP contribution in [-0.2, 0) is 18.4 Å². The number of nitrogens with zero attached hydrogens (tertiary/aromatic N) is 2. The van der Waals surface area contributed by atoms with Gasteiger partial charge in [-0.25, -0.2) is 8.78 Å². The van der Waals surface area contributed by atoms with E-state index in [1.165, 1.54) is 37.5 Å². The Morgan fingerprint density at radius 1 is 1.30 bits per heavy atom. The van der Waals surface area contributed by atoms with Gasteiger partial charge >= 0.3 is 6.18 Å². The number of hydrogen-bond acceptors (Lipinski definition) is 4. The van der Waals surface area contributed by atoms with Crippen LogP contribution < -0.4 is 5.32 Å². The first kappa shape index (κ1) is 23.7. The molecule has 0 spiro atoms. The molecule has 5 nitrogen and oxygen atoms in total. The number of benzene rings is 1. The summed E-state index contributed by atoms with van der Waals surface area (Å²) in [4.78, 5) is 4.63. The smallest absolute Gasteiger partial charge is 0.379 e. The van der Waals surface area contributed by atoms with Crippen molar-refractivity contribution in [3.8, 4) is 0 Å². The molecule has 0 saturated heterocycles. The second-order valence-corrected chi connectivity index (χ2v) is 7.56. The minimum absolute atomic E-state index is 0.108. The van der Waals surface area contributed by atoms with Crippen LogP contribution >= 0.6 is 15.9 Å². The summed E-state index contributed by atoms with van der Waals surface area (Å²) in [6.45, 7) is 0.668. The lowest BCUT2D eigenvalue weighted by molar-refractivity contribution is -0.138. The molecule has 0 amide bonds. The molecular formula is C19H19BrF5N5. The first-order valence-electron chi connectivity index (χ1n) is 8.58. The predicted molar refractivity (Wildman–Crippen MR) is 108 cm³/mol. The van der Waals surface area contributed by atoms with Crippen molar-refractivity contribution in [3.05, 3.63) is 57.8 Å². The van der Waals surface area contributed by atoms with Crippen molar-refractivity contribution in [2.24, 2.45) is 0 Å². The van der Waals surface area contributed by atoms with Gasteiger partial charge in [0.2, 0.25) is 0 Å². The Morgan fingerprint density at radius 3 is 2.57 bits per heavy atom. The molecule has 0 bridgehead atoms. The molecule has 1 heterocycles. The van der Waals surface area contributed by atoms with E-state index in [2.05, 4.69) is 26.2 Å². The van der Waals surface area contributed by atoms with E-state index >= 15 is 4.39 Å². The number of amidine groups is 1. The molecule has 2 atom stereocenters. The van der Waals surface area contributed by atoms with Crippen molar-refractivity contribution in [3.63, 3.8) is 0 Å². The Balaban J connectivity index is 2.25. The lowest BCUT2D eigenvalue weighted by Gasteiger charge is -2.28. The van der Waals surface area contributed by atoms with Crippen LogP contribution in [0.15, 0.2) is 41.0 Å².